The van der Waals surface area contributed by atoms with E-state index in [2.05, 4.69) is 12.1 Å². The molecule has 0 N–H and O–H groups in total. The van der Waals surface area contributed by atoms with E-state index in [0.717, 1.165) is 16.2 Å². The van der Waals surface area contributed by atoms with Crippen LogP contribution in [0.25, 0.3) is 0 Å². The van der Waals surface area contributed by atoms with E-state index in [4.69, 9.17) is 9.73 Å². The van der Waals surface area contributed by atoms with Crippen molar-refractivity contribution in [2.24, 2.45) is 4.99 Å². The fourth-order valence-corrected chi connectivity index (χ4v) is 6.95. The van der Waals surface area contributed by atoms with Crippen LogP contribution < -0.4 is 0 Å². The Morgan fingerprint density at radius 1 is 0.963 bits per heavy atom. The van der Waals surface area contributed by atoms with E-state index in [1.807, 2.05) is 74.5 Å². The quantitative estimate of drug-likeness (QED) is 0.728. The van der Waals surface area contributed by atoms with Gasteiger partial charge in [0.25, 0.3) is 5.60 Å². The van der Waals surface area contributed by atoms with Crippen molar-refractivity contribution in [1.82, 2.24) is 0 Å². The van der Waals surface area contributed by atoms with Gasteiger partial charge in [0.15, 0.2) is 4.08 Å². The van der Waals surface area contributed by atoms with Crippen molar-refractivity contribution in [3.8, 4) is 12.1 Å². The summed E-state index contributed by atoms with van der Waals surface area (Å²) in [5, 5.41) is 20.9. The number of aliphatic imine (C=N–C) groups is 1. The Labute approximate surface area is 167 Å². The lowest BCUT2D eigenvalue weighted by Crippen LogP contribution is -2.55. The fourth-order valence-electron chi connectivity index (χ4n) is 3.45. The molecule has 0 aliphatic carbocycles. The second kappa shape index (κ2) is 6.42. The van der Waals surface area contributed by atoms with Crippen LogP contribution in [0.2, 0.25) is 0 Å². The first-order chi connectivity index (χ1) is 13.0. The van der Waals surface area contributed by atoms with Crippen molar-refractivity contribution in [2.45, 2.75) is 34.5 Å². The predicted octanol–water partition coefficient (Wildman–Crippen LogP) is 4.90. The SMILES string of the molecule is CC1(C)N=C(c2ccccc2)S[C@]12S[C@@H](c1ccccc1)OC2(C#N)C#N. The molecule has 4 rings (SSSR count). The molecular formula is C21H17N3OS2. The van der Waals surface area contributed by atoms with E-state index >= 15 is 0 Å². The van der Waals surface area contributed by atoms with Crippen molar-refractivity contribution < 1.29 is 4.74 Å². The first-order valence-corrected chi connectivity index (χ1v) is 10.2. The molecule has 2 aliphatic heterocycles. The van der Waals surface area contributed by atoms with Crippen LogP contribution >= 0.6 is 23.5 Å². The Bertz CT molecular complexity index is 962. The number of thioether (sulfide) groups is 2. The molecule has 0 amide bonds. The fraction of sp³-hybridized carbons (Fsp3) is 0.286. The van der Waals surface area contributed by atoms with Crippen LogP contribution in [-0.2, 0) is 4.74 Å². The summed E-state index contributed by atoms with van der Waals surface area (Å²) in [7, 11) is 0. The number of nitrogens with zero attached hydrogens (tertiary/aromatic N) is 3. The average Bonchev–Trinajstić information content (AvgIpc) is 3.19. The molecule has 2 atom stereocenters. The minimum absolute atomic E-state index is 0.400. The molecule has 2 aromatic rings. The Balaban J connectivity index is 1.81. The molecule has 0 bridgehead atoms. The molecule has 4 nitrogen and oxygen atoms in total. The molecular weight excluding hydrogens is 374 g/mol. The summed E-state index contributed by atoms with van der Waals surface area (Å²) in [5.74, 6) is 0. The Hall–Kier alpha value is -2.25. The average molecular weight is 392 g/mol. The molecule has 0 saturated carbocycles. The predicted molar refractivity (Wildman–Crippen MR) is 109 cm³/mol. The van der Waals surface area contributed by atoms with Gasteiger partial charge in [-0.05, 0) is 19.4 Å². The molecule has 2 aromatic carbocycles. The number of nitriles is 2. The summed E-state index contributed by atoms with van der Waals surface area (Å²) in [6.07, 6.45) is 0. The second-order valence-corrected chi connectivity index (χ2v) is 9.68. The smallest absolute Gasteiger partial charge is 0.269 e. The van der Waals surface area contributed by atoms with Gasteiger partial charge in [-0.2, -0.15) is 10.5 Å². The lowest BCUT2D eigenvalue weighted by atomic mass is 9.87. The Morgan fingerprint density at radius 2 is 1.56 bits per heavy atom. The van der Waals surface area contributed by atoms with Crippen LogP contribution in [0.4, 0.5) is 0 Å². The zero-order valence-electron chi connectivity index (χ0n) is 14.9. The maximum Gasteiger partial charge on any atom is 0.269 e. The van der Waals surface area contributed by atoms with E-state index < -0.39 is 20.7 Å². The van der Waals surface area contributed by atoms with E-state index in [9.17, 15) is 10.5 Å². The van der Waals surface area contributed by atoms with Crippen LogP contribution in [0.3, 0.4) is 0 Å². The van der Waals surface area contributed by atoms with Gasteiger partial charge in [-0.3, -0.25) is 4.99 Å². The molecule has 0 unspecified atom stereocenters. The third-order valence-electron chi connectivity index (χ3n) is 4.85. The number of hydrogen-bond acceptors (Lipinski definition) is 6. The highest BCUT2D eigenvalue weighted by molar-refractivity contribution is 8.27. The molecule has 0 aromatic heterocycles. The maximum absolute atomic E-state index is 10.0. The van der Waals surface area contributed by atoms with Gasteiger partial charge < -0.3 is 4.74 Å². The summed E-state index contributed by atoms with van der Waals surface area (Å²) in [4.78, 5) is 4.92. The largest absolute Gasteiger partial charge is 0.327 e. The number of benzene rings is 2. The highest BCUT2D eigenvalue weighted by Gasteiger charge is 2.72. The maximum atomic E-state index is 10.0. The molecule has 134 valence electrons. The zero-order valence-corrected chi connectivity index (χ0v) is 16.6. The monoisotopic (exact) mass is 391 g/mol. The number of hydrogen-bond donors (Lipinski definition) is 0. The topological polar surface area (TPSA) is 69.2 Å². The van der Waals surface area contributed by atoms with Gasteiger partial charge in [0.05, 0.1) is 5.54 Å². The summed E-state index contributed by atoms with van der Waals surface area (Å²) in [6.45, 7) is 3.95. The van der Waals surface area contributed by atoms with Crippen molar-refractivity contribution in [2.75, 3.05) is 0 Å². The van der Waals surface area contributed by atoms with Crippen LogP contribution in [0.5, 0.6) is 0 Å². The zero-order chi connectivity index (χ0) is 19.1. The minimum atomic E-state index is -1.60. The highest BCUT2D eigenvalue weighted by atomic mass is 32.2. The molecule has 27 heavy (non-hydrogen) atoms. The second-order valence-electron chi connectivity index (χ2n) is 6.94. The molecule has 1 spiro atoms. The Kier molecular flexibility index (Phi) is 4.31. The Morgan fingerprint density at radius 3 is 2.15 bits per heavy atom. The summed E-state index contributed by atoms with van der Waals surface area (Å²) in [6, 6.07) is 24.0. The molecule has 1 fully saturated rings. The molecule has 0 radical (unpaired) electrons. The lowest BCUT2D eigenvalue weighted by Gasteiger charge is -2.38. The molecule has 2 heterocycles. The van der Waals surface area contributed by atoms with Crippen LogP contribution in [0.1, 0.15) is 30.4 Å². The van der Waals surface area contributed by atoms with Crippen LogP contribution in [-0.4, -0.2) is 20.3 Å². The minimum Gasteiger partial charge on any atom is -0.327 e. The van der Waals surface area contributed by atoms with Crippen molar-refractivity contribution >= 4 is 28.6 Å². The van der Waals surface area contributed by atoms with E-state index in [1.54, 1.807) is 0 Å². The van der Waals surface area contributed by atoms with Gasteiger partial charge in [-0.1, -0.05) is 84.2 Å². The van der Waals surface area contributed by atoms with E-state index in [1.165, 1.54) is 23.5 Å². The van der Waals surface area contributed by atoms with Crippen molar-refractivity contribution in [1.29, 1.82) is 10.5 Å². The van der Waals surface area contributed by atoms with Gasteiger partial charge in [0.2, 0.25) is 0 Å². The van der Waals surface area contributed by atoms with Gasteiger partial charge in [0.1, 0.15) is 22.6 Å². The van der Waals surface area contributed by atoms with Gasteiger partial charge in [0, 0.05) is 5.56 Å². The van der Waals surface area contributed by atoms with Gasteiger partial charge in [-0.25, -0.2) is 0 Å². The molecule has 2 aliphatic rings. The molecule has 6 heteroatoms. The summed E-state index contributed by atoms with van der Waals surface area (Å²) < 4.78 is 5.27. The normalized spacial score (nSPS) is 27.7. The van der Waals surface area contributed by atoms with Gasteiger partial charge in [-0.15, -0.1) is 0 Å². The molecule has 1 saturated heterocycles. The van der Waals surface area contributed by atoms with E-state index in [-0.39, 0.29) is 0 Å². The third kappa shape index (κ3) is 2.60. The summed E-state index contributed by atoms with van der Waals surface area (Å²) in [5.41, 5.74) is -0.739. The highest BCUT2D eigenvalue weighted by Crippen LogP contribution is 2.68. The van der Waals surface area contributed by atoms with Crippen molar-refractivity contribution in [3.63, 3.8) is 0 Å². The van der Waals surface area contributed by atoms with Crippen LogP contribution in [0, 0.1) is 22.7 Å². The number of ether oxygens (including phenoxy) is 1. The standard InChI is InChI=1S/C21H17N3OS2/c1-19(2)21(26-17(24-19)15-9-5-3-6-10-15)20(13-22,14-23)25-18(27-21)16-11-7-4-8-12-16/h3-12,18H,1-2H3/t18-,21-/m0/s1. The summed E-state index contributed by atoms with van der Waals surface area (Å²) >= 11 is 2.99. The first kappa shape index (κ1) is 18.1. The van der Waals surface area contributed by atoms with Crippen molar-refractivity contribution in [3.05, 3.63) is 71.8 Å². The van der Waals surface area contributed by atoms with Crippen LogP contribution in [0.15, 0.2) is 65.7 Å². The van der Waals surface area contributed by atoms with Gasteiger partial charge >= 0.3 is 0 Å². The third-order valence-corrected chi connectivity index (χ3v) is 8.69. The first-order valence-electron chi connectivity index (χ1n) is 8.54. The number of rotatable bonds is 2. The lowest BCUT2D eigenvalue weighted by molar-refractivity contribution is 0.0243. The van der Waals surface area contributed by atoms with E-state index in [0.29, 0.717) is 0 Å².